The summed E-state index contributed by atoms with van der Waals surface area (Å²) in [5.41, 5.74) is 1.12. The minimum absolute atomic E-state index is 0.00665. The molecular weight excluding hydrogens is 461 g/mol. The summed E-state index contributed by atoms with van der Waals surface area (Å²) in [4.78, 5) is 15.2. The van der Waals surface area contributed by atoms with Crippen molar-refractivity contribution in [3.8, 4) is 5.75 Å². The van der Waals surface area contributed by atoms with Gasteiger partial charge in [0.1, 0.15) is 16.5 Å². The van der Waals surface area contributed by atoms with E-state index in [1.54, 1.807) is 18.2 Å². The number of ether oxygens (including phenoxy) is 2. The lowest BCUT2D eigenvalue weighted by Gasteiger charge is -2.35. The number of methoxy groups -OCH3 is 1. The topological polar surface area (TPSA) is 88.2 Å². The molecule has 1 N–H and O–H groups in total. The predicted octanol–water partition coefficient (Wildman–Crippen LogP) is 2.42. The van der Waals surface area contributed by atoms with Crippen molar-refractivity contribution >= 4 is 15.9 Å². The third kappa shape index (κ3) is 5.41. The van der Waals surface area contributed by atoms with E-state index in [4.69, 9.17) is 9.47 Å². The van der Waals surface area contributed by atoms with Crippen LogP contribution in [0.3, 0.4) is 0 Å². The van der Waals surface area contributed by atoms with E-state index in [0.29, 0.717) is 39.4 Å². The molecule has 8 nitrogen and oxygen atoms in total. The van der Waals surface area contributed by atoms with Gasteiger partial charge in [0.15, 0.2) is 0 Å². The summed E-state index contributed by atoms with van der Waals surface area (Å²) >= 11 is 0. The molecule has 2 saturated heterocycles. The third-order valence-electron chi connectivity index (χ3n) is 6.31. The molecule has 34 heavy (non-hydrogen) atoms. The van der Waals surface area contributed by atoms with Crippen LogP contribution in [0.1, 0.15) is 34.8 Å². The van der Waals surface area contributed by atoms with Gasteiger partial charge < -0.3 is 14.8 Å². The molecule has 4 rings (SSSR count). The van der Waals surface area contributed by atoms with Crippen molar-refractivity contribution in [2.24, 2.45) is 0 Å². The highest BCUT2D eigenvalue weighted by Crippen LogP contribution is 2.30. The summed E-state index contributed by atoms with van der Waals surface area (Å²) < 4.78 is 51.9. The first-order chi connectivity index (χ1) is 16.4. The van der Waals surface area contributed by atoms with Crippen LogP contribution in [-0.2, 0) is 14.8 Å². The van der Waals surface area contributed by atoms with Crippen LogP contribution < -0.4 is 10.1 Å². The number of sulfonamides is 1. The molecule has 2 heterocycles. The largest absolute Gasteiger partial charge is 0.495 e. The van der Waals surface area contributed by atoms with Crippen molar-refractivity contribution in [3.63, 3.8) is 0 Å². The lowest BCUT2D eigenvalue weighted by atomic mass is 10.0. The van der Waals surface area contributed by atoms with Gasteiger partial charge in [-0.05, 0) is 48.7 Å². The lowest BCUT2D eigenvalue weighted by molar-refractivity contribution is 0.0162. The van der Waals surface area contributed by atoms with Crippen LogP contribution in [0.5, 0.6) is 5.75 Å². The van der Waals surface area contributed by atoms with Crippen molar-refractivity contribution < 1.29 is 27.1 Å². The number of nitrogens with one attached hydrogen (secondary N) is 1. The van der Waals surface area contributed by atoms with Crippen molar-refractivity contribution in [2.75, 3.05) is 53.0 Å². The summed E-state index contributed by atoms with van der Waals surface area (Å²) in [6.07, 6.45) is 1.63. The molecule has 2 aliphatic rings. The third-order valence-corrected chi connectivity index (χ3v) is 8.23. The number of rotatable bonds is 8. The molecule has 0 saturated carbocycles. The summed E-state index contributed by atoms with van der Waals surface area (Å²) in [6, 6.07) is 10.5. The minimum Gasteiger partial charge on any atom is -0.495 e. The lowest BCUT2D eigenvalue weighted by Crippen LogP contribution is -2.43. The predicted molar refractivity (Wildman–Crippen MR) is 125 cm³/mol. The first-order valence-electron chi connectivity index (χ1n) is 11.4. The van der Waals surface area contributed by atoms with Crippen LogP contribution in [0.2, 0.25) is 0 Å². The first kappa shape index (κ1) is 24.6. The molecule has 0 spiro atoms. The van der Waals surface area contributed by atoms with Gasteiger partial charge in [-0.3, -0.25) is 9.69 Å². The van der Waals surface area contributed by atoms with Gasteiger partial charge in [0.2, 0.25) is 10.0 Å². The maximum absolute atomic E-state index is 13.5. The molecule has 2 aromatic carbocycles. The average Bonchev–Trinajstić information content (AvgIpc) is 3.41. The fourth-order valence-electron chi connectivity index (χ4n) is 4.41. The standard InChI is InChI=1S/C24H30FN3O5S/c1-32-22-9-6-19(16-23(22)34(30,31)28-10-2-3-11-28)24(29)26-17-21(27-12-14-33-15-13-27)18-4-7-20(25)8-5-18/h4-9,16,21H,2-3,10-15,17H2,1H3,(H,26,29)/t21-/m1/s1. The number of morpholine rings is 1. The number of carbonyl (C=O) groups is 1. The molecule has 2 aliphatic heterocycles. The molecule has 2 fully saturated rings. The van der Waals surface area contributed by atoms with Crippen molar-refractivity contribution in [2.45, 2.75) is 23.8 Å². The van der Waals surface area contributed by atoms with E-state index in [1.165, 1.54) is 35.7 Å². The average molecular weight is 492 g/mol. The summed E-state index contributed by atoms with van der Waals surface area (Å²) in [5, 5.41) is 2.93. The monoisotopic (exact) mass is 491 g/mol. The minimum atomic E-state index is -3.76. The van der Waals surface area contributed by atoms with Gasteiger partial charge in [-0.15, -0.1) is 0 Å². The maximum Gasteiger partial charge on any atom is 0.251 e. The highest BCUT2D eigenvalue weighted by Gasteiger charge is 2.31. The van der Waals surface area contributed by atoms with Crippen LogP contribution in [0.15, 0.2) is 47.4 Å². The van der Waals surface area contributed by atoms with Crippen molar-refractivity contribution in [1.29, 1.82) is 0 Å². The molecule has 0 aliphatic carbocycles. The Balaban J connectivity index is 1.54. The zero-order valence-electron chi connectivity index (χ0n) is 19.2. The fraction of sp³-hybridized carbons (Fsp3) is 0.458. The van der Waals surface area contributed by atoms with E-state index in [-0.39, 0.29) is 40.5 Å². The van der Waals surface area contributed by atoms with Gasteiger partial charge in [0.25, 0.3) is 5.91 Å². The van der Waals surface area contributed by atoms with Crippen LogP contribution in [-0.4, -0.2) is 76.6 Å². The van der Waals surface area contributed by atoms with E-state index in [9.17, 15) is 17.6 Å². The zero-order chi connectivity index (χ0) is 24.1. The Morgan fingerprint density at radius 3 is 2.41 bits per heavy atom. The van der Waals surface area contributed by atoms with E-state index in [0.717, 1.165) is 18.4 Å². The van der Waals surface area contributed by atoms with E-state index < -0.39 is 10.0 Å². The molecule has 1 atom stereocenters. The number of halogens is 1. The van der Waals surface area contributed by atoms with Crippen molar-refractivity contribution in [3.05, 3.63) is 59.4 Å². The highest BCUT2D eigenvalue weighted by atomic mass is 32.2. The highest BCUT2D eigenvalue weighted by molar-refractivity contribution is 7.89. The number of nitrogens with zero attached hydrogens (tertiary/aromatic N) is 2. The molecule has 0 unspecified atom stereocenters. The van der Waals surface area contributed by atoms with Crippen molar-refractivity contribution in [1.82, 2.24) is 14.5 Å². The molecule has 0 radical (unpaired) electrons. The second-order valence-corrected chi connectivity index (χ2v) is 10.3. The van der Waals surface area contributed by atoms with E-state index in [2.05, 4.69) is 10.2 Å². The Hall–Kier alpha value is -2.53. The summed E-state index contributed by atoms with van der Waals surface area (Å²) in [7, 11) is -2.35. The smallest absolute Gasteiger partial charge is 0.251 e. The Morgan fingerprint density at radius 2 is 1.76 bits per heavy atom. The van der Waals surface area contributed by atoms with Gasteiger partial charge in [0, 0.05) is 38.3 Å². The molecule has 0 aromatic heterocycles. The summed E-state index contributed by atoms with van der Waals surface area (Å²) in [6.45, 7) is 3.76. The van der Waals surface area contributed by atoms with Gasteiger partial charge in [-0.25, -0.2) is 12.8 Å². The van der Waals surface area contributed by atoms with Crippen LogP contribution in [0.4, 0.5) is 4.39 Å². The molecule has 2 aromatic rings. The van der Waals surface area contributed by atoms with Gasteiger partial charge in [0.05, 0.1) is 26.4 Å². The Morgan fingerprint density at radius 1 is 1.09 bits per heavy atom. The Labute approximate surface area is 199 Å². The van der Waals surface area contributed by atoms with Crippen LogP contribution in [0.25, 0.3) is 0 Å². The Kier molecular flexibility index (Phi) is 7.82. The second-order valence-electron chi connectivity index (χ2n) is 8.40. The number of benzene rings is 2. The Bertz CT molecular complexity index is 1100. The fourth-order valence-corrected chi connectivity index (χ4v) is 6.11. The maximum atomic E-state index is 13.5. The number of amides is 1. The number of hydrogen-bond donors (Lipinski definition) is 1. The quantitative estimate of drug-likeness (QED) is 0.610. The molecule has 184 valence electrons. The number of hydrogen-bond acceptors (Lipinski definition) is 6. The molecule has 1 amide bonds. The van der Waals surface area contributed by atoms with Crippen LogP contribution in [0, 0.1) is 5.82 Å². The zero-order valence-corrected chi connectivity index (χ0v) is 20.0. The molecule has 0 bridgehead atoms. The van der Waals surface area contributed by atoms with Gasteiger partial charge in [-0.1, -0.05) is 12.1 Å². The van der Waals surface area contributed by atoms with Gasteiger partial charge in [-0.2, -0.15) is 4.31 Å². The molecule has 10 heteroatoms. The van der Waals surface area contributed by atoms with Crippen LogP contribution >= 0.6 is 0 Å². The number of carbonyl (C=O) groups excluding carboxylic acids is 1. The summed E-state index contributed by atoms with van der Waals surface area (Å²) in [5.74, 6) is -0.500. The SMILES string of the molecule is COc1ccc(C(=O)NC[C@H](c2ccc(F)cc2)N2CCOCC2)cc1S(=O)(=O)N1CCCC1. The first-order valence-corrected chi connectivity index (χ1v) is 12.9. The van der Waals surface area contributed by atoms with E-state index >= 15 is 0 Å². The second kappa shape index (κ2) is 10.8. The van der Waals surface area contributed by atoms with Gasteiger partial charge >= 0.3 is 0 Å². The molecular formula is C24H30FN3O5S. The normalized spacial score (nSPS) is 18.5. The van der Waals surface area contributed by atoms with E-state index in [1.807, 2.05) is 0 Å².